The van der Waals surface area contributed by atoms with Crippen molar-refractivity contribution < 1.29 is 14.3 Å². The number of amides is 1. The Morgan fingerprint density at radius 1 is 1.11 bits per heavy atom. The number of carbonyl (C=O) groups is 2. The minimum absolute atomic E-state index is 0.181. The molecule has 0 aliphatic carbocycles. The molecule has 1 amide bonds. The summed E-state index contributed by atoms with van der Waals surface area (Å²) in [5, 5.41) is 3.49. The minimum Gasteiger partial charge on any atom is -0.456 e. The van der Waals surface area contributed by atoms with Crippen LogP contribution in [0.3, 0.4) is 0 Å². The van der Waals surface area contributed by atoms with Gasteiger partial charge in [-0.25, -0.2) is 9.97 Å². The van der Waals surface area contributed by atoms with Gasteiger partial charge in [0.15, 0.2) is 11.8 Å². The second kappa shape index (κ2) is 9.50. The summed E-state index contributed by atoms with van der Waals surface area (Å²) in [4.78, 5) is 32.8. The molecule has 2 aromatic rings. The maximum atomic E-state index is 12.0. The molecule has 7 heteroatoms. The van der Waals surface area contributed by atoms with E-state index in [0.717, 1.165) is 38.9 Å². The van der Waals surface area contributed by atoms with Crippen molar-refractivity contribution in [3.05, 3.63) is 46.3 Å². The number of carbonyl (C=O) groups excluding carboxylic acids is 2. The van der Waals surface area contributed by atoms with E-state index in [1.807, 2.05) is 52.1 Å². The zero-order valence-electron chi connectivity index (χ0n) is 16.4. The number of aromatic nitrogens is 2. The molecular formula is C20H25N3O3S. The molecule has 0 fully saturated rings. The average Bonchev–Trinajstić information content (AvgIpc) is 2.63. The fourth-order valence-electron chi connectivity index (χ4n) is 2.68. The van der Waals surface area contributed by atoms with Crippen LogP contribution in [-0.4, -0.2) is 34.7 Å². The van der Waals surface area contributed by atoms with Gasteiger partial charge in [-0.1, -0.05) is 23.9 Å². The van der Waals surface area contributed by atoms with Gasteiger partial charge in [0, 0.05) is 23.5 Å². The first-order valence-electron chi connectivity index (χ1n) is 8.71. The first-order chi connectivity index (χ1) is 12.8. The highest BCUT2D eigenvalue weighted by atomic mass is 32.2. The molecule has 0 bridgehead atoms. The third kappa shape index (κ3) is 5.79. The predicted molar refractivity (Wildman–Crippen MR) is 107 cm³/mol. The van der Waals surface area contributed by atoms with Gasteiger partial charge < -0.3 is 10.1 Å². The highest BCUT2D eigenvalue weighted by molar-refractivity contribution is 7.98. The van der Waals surface area contributed by atoms with Crippen LogP contribution in [-0.2, 0) is 20.7 Å². The summed E-state index contributed by atoms with van der Waals surface area (Å²) in [6, 6.07) is 5.68. The molecule has 144 valence electrons. The van der Waals surface area contributed by atoms with Gasteiger partial charge >= 0.3 is 5.97 Å². The van der Waals surface area contributed by atoms with Crippen LogP contribution in [0.5, 0.6) is 0 Å². The molecule has 6 nitrogen and oxygen atoms in total. The van der Waals surface area contributed by atoms with E-state index in [-0.39, 0.29) is 18.9 Å². The Balaban J connectivity index is 1.84. The topological polar surface area (TPSA) is 81.2 Å². The molecule has 1 N–H and O–H groups in total. The highest BCUT2D eigenvalue weighted by Gasteiger charge is 2.13. The lowest BCUT2D eigenvalue weighted by atomic mass is 10.1. The van der Waals surface area contributed by atoms with Gasteiger partial charge in [0.05, 0.1) is 0 Å². The fraction of sp³-hybridized carbons (Fsp3) is 0.400. The van der Waals surface area contributed by atoms with E-state index < -0.39 is 5.97 Å². The summed E-state index contributed by atoms with van der Waals surface area (Å²) in [7, 11) is 0. The second-order valence-corrected chi connectivity index (χ2v) is 7.09. The fourth-order valence-corrected chi connectivity index (χ4v) is 3.14. The maximum absolute atomic E-state index is 12.0. The zero-order valence-corrected chi connectivity index (χ0v) is 17.2. The van der Waals surface area contributed by atoms with Crippen molar-refractivity contribution in [3.63, 3.8) is 0 Å². The SMILES string of the molecule is CSc1nc(C)c(CCC(=O)OCC(=O)Nc2cccc(C)c2C)c(C)n1. The summed E-state index contributed by atoms with van der Waals surface area (Å²) in [6.07, 6.45) is 2.60. The molecule has 0 saturated carbocycles. The molecule has 0 aliphatic heterocycles. The summed E-state index contributed by atoms with van der Waals surface area (Å²) in [6.45, 7) is 7.43. The smallest absolute Gasteiger partial charge is 0.306 e. The maximum Gasteiger partial charge on any atom is 0.306 e. The lowest BCUT2D eigenvalue weighted by molar-refractivity contribution is -0.147. The van der Waals surface area contributed by atoms with Crippen LogP contribution >= 0.6 is 11.8 Å². The van der Waals surface area contributed by atoms with Crippen LogP contribution in [0.15, 0.2) is 23.4 Å². The number of rotatable bonds is 7. The average molecular weight is 388 g/mol. The molecule has 0 spiro atoms. The molecule has 0 radical (unpaired) electrons. The number of thioether (sulfide) groups is 1. The van der Waals surface area contributed by atoms with Crippen LogP contribution in [0.25, 0.3) is 0 Å². The number of anilines is 1. The minimum atomic E-state index is -0.418. The summed E-state index contributed by atoms with van der Waals surface area (Å²) >= 11 is 1.49. The summed E-state index contributed by atoms with van der Waals surface area (Å²) in [5.41, 5.74) is 5.50. The van der Waals surface area contributed by atoms with E-state index >= 15 is 0 Å². The van der Waals surface area contributed by atoms with Crippen molar-refractivity contribution in [2.24, 2.45) is 0 Å². The van der Waals surface area contributed by atoms with E-state index in [1.54, 1.807) is 0 Å². The number of aryl methyl sites for hydroxylation is 3. The molecule has 0 saturated heterocycles. The van der Waals surface area contributed by atoms with Gasteiger partial charge in [0.25, 0.3) is 5.91 Å². The number of nitrogens with one attached hydrogen (secondary N) is 1. The van der Waals surface area contributed by atoms with E-state index in [4.69, 9.17) is 4.74 Å². The Morgan fingerprint density at radius 2 is 1.78 bits per heavy atom. The van der Waals surface area contributed by atoms with Gasteiger partial charge in [-0.3, -0.25) is 9.59 Å². The van der Waals surface area contributed by atoms with E-state index in [0.29, 0.717) is 6.42 Å². The standard InChI is InChI=1S/C20H25N3O3S/c1-12-7-6-8-17(13(12)2)23-18(24)11-26-19(25)10-9-16-14(3)21-20(27-5)22-15(16)4/h6-8H,9-11H2,1-5H3,(H,23,24). The van der Waals surface area contributed by atoms with Crippen molar-refractivity contribution in [1.29, 1.82) is 0 Å². The Labute approximate surface area is 164 Å². The number of nitrogens with zero attached hydrogens (tertiary/aromatic N) is 2. The molecule has 1 heterocycles. The summed E-state index contributed by atoms with van der Waals surface area (Å²) < 4.78 is 5.10. The third-order valence-corrected chi connectivity index (χ3v) is 4.95. The first-order valence-corrected chi connectivity index (χ1v) is 9.94. The number of hydrogen-bond donors (Lipinski definition) is 1. The highest BCUT2D eigenvalue weighted by Crippen LogP contribution is 2.18. The molecule has 0 aliphatic rings. The lowest BCUT2D eigenvalue weighted by Crippen LogP contribution is -2.21. The van der Waals surface area contributed by atoms with Crippen molar-refractivity contribution in [2.75, 3.05) is 18.2 Å². The Kier molecular flexibility index (Phi) is 7.36. The van der Waals surface area contributed by atoms with Crippen LogP contribution in [0, 0.1) is 27.7 Å². The van der Waals surface area contributed by atoms with E-state index in [9.17, 15) is 9.59 Å². The van der Waals surface area contributed by atoms with E-state index in [1.165, 1.54) is 11.8 Å². The number of esters is 1. The van der Waals surface area contributed by atoms with Crippen molar-refractivity contribution in [2.45, 2.75) is 45.7 Å². The van der Waals surface area contributed by atoms with Gasteiger partial charge in [-0.15, -0.1) is 0 Å². The van der Waals surface area contributed by atoms with Crippen molar-refractivity contribution in [1.82, 2.24) is 9.97 Å². The quantitative estimate of drug-likeness (QED) is 0.445. The number of benzene rings is 1. The van der Waals surface area contributed by atoms with Crippen molar-refractivity contribution >= 4 is 29.3 Å². The second-order valence-electron chi connectivity index (χ2n) is 6.32. The van der Waals surface area contributed by atoms with Gasteiger partial charge in [0.1, 0.15) is 0 Å². The number of hydrogen-bond acceptors (Lipinski definition) is 6. The molecule has 27 heavy (non-hydrogen) atoms. The van der Waals surface area contributed by atoms with Gasteiger partial charge in [-0.05, 0) is 63.1 Å². The molecule has 1 aromatic heterocycles. The molecule has 0 unspecified atom stereocenters. The zero-order chi connectivity index (χ0) is 20.0. The Morgan fingerprint density at radius 3 is 2.41 bits per heavy atom. The van der Waals surface area contributed by atoms with E-state index in [2.05, 4.69) is 15.3 Å². The largest absolute Gasteiger partial charge is 0.456 e. The summed E-state index contributed by atoms with van der Waals surface area (Å²) in [5.74, 6) is -0.768. The Hall–Kier alpha value is -2.41. The number of ether oxygens (including phenoxy) is 1. The van der Waals surface area contributed by atoms with Crippen LogP contribution in [0.4, 0.5) is 5.69 Å². The molecule has 2 rings (SSSR count). The van der Waals surface area contributed by atoms with Crippen LogP contribution in [0.2, 0.25) is 0 Å². The molecule has 0 atom stereocenters. The normalized spacial score (nSPS) is 10.6. The van der Waals surface area contributed by atoms with Crippen molar-refractivity contribution in [3.8, 4) is 0 Å². The third-order valence-electron chi connectivity index (χ3n) is 4.40. The lowest BCUT2D eigenvalue weighted by Gasteiger charge is -2.11. The van der Waals surface area contributed by atoms with Crippen LogP contribution < -0.4 is 5.32 Å². The van der Waals surface area contributed by atoms with Crippen LogP contribution in [0.1, 0.15) is 34.5 Å². The predicted octanol–water partition coefficient (Wildman–Crippen LogP) is 3.55. The molecular weight excluding hydrogens is 362 g/mol. The Bertz CT molecular complexity index is 829. The molecule has 1 aromatic carbocycles. The monoisotopic (exact) mass is 387 g/mol. The first kappa shape index (κ1) is 20.9. The van der Waals surface area contributed by atoms with Gasteiger partial charge in [-0.2, -0.15) is 0 Å². The van der Waals surface area contributed by atoms with Gasteiger partial charge in [0.2, 0.25) is 0 Å².